The number of ether oxygens (including phenoxy) is 1. The normalized spacial score (nSPS) is 11.0. The summed E-state index contributed by atoms with van der Waals surface area (Å²) in [5.74, 6) is -1.24. The van der Waals surface area contributed by atoms with E-state index in [1.54, 1.807) is 20.8 Å². The summed E-state index contributed by atoms with van der Waals surface area (Å²) in [5, 5.41) is 2.52. The highest BCUT2D eigenvalue weighted by Gasteiger charge is 2.22. The van der Waals surface area contributed by atoms with Gasteiger partial charge in [-0.05, 0) is 17.7 Å². The predicted molar refractivity (Wildman–Crippen MR) is 70.2 cm³/mol. The van der Waals surface area contributed by atoms with Crippen molar-refractivity contribution < 1.29 is 18.7 Å². The largest absolute Gasteiger partial charge is 0.469 e. The van der Waals surface area contributed by atoms with E-state index in [9.17, 15) is 14.0 Å². The molecule has 0 fully saturated rings. The van der Waals surface area contributed by atoms with Gasteiger partial charge in [0.05, 0.1) is 19.2 Å². The molecule has 0 aliphatic heterocycles. The summed E-state index contributed by atoms with van der Waals surface area (Å²) in [6.07, 6.45) is 0.0369. The van der Waals surface area contributed by atoms with E-state index in [-0.39, 0.29) is 18.0 Å². The van der Waals surface area contributed by atoms with Gasteiger partial charge in [-0.15, -0.1) is 0 Å². The molecule has 0 bridgehead atoms. The van der Waals surface area contributed by atoms with E-state index in [2.05, 4.69) is 10.1 Å². The van der Waals surface area contributed by atoms with Gasteiger partial charge >= 0.3 is 5.97 Å². The lowest BCUT2D eigenvalue weighted by molar-refractivity contribution is -0.139. The molecule has 0 aliphatic carbocycles. The van der Waals surface area contributed by atoms with Gasteiger partial charge in [-0.25, -0.2) is 4.39 Å². The maximum absolute atomic E-state index is 13.6. The highest BCUT2D eigenvalue weighted by atomic mass is 19.1. The number of anilines is 1. The van der Waals surface area contributed by atoms with Crippen molar-refractivity contribution in [1.82, 2.24) is 0 Å². The Hall–Kier alpha value is -1.91. The summed E-state index contributed by atoms with van der Waals surface area (Å²) < 4.78 is 18.1. The van der Waals surface area contributed by atoms with E-state index in [0.29, 0.717) is 5.56 Å². The van der Waals surface area contributed by atoms with E-state index < -0.39 is 17.2 Å². The first-order valence-electron chi connectivity index (χ1n) is 5.90. The molecule has 0 unspecified atom stereocenters. The first kappa shape index (κ1) is 15.1. The van der Waals surface area contributed by atoms with Crippen LogP contribution in [-0.2, 0) is 20.7 Å². The molecule has 0 aliphatic rings. The van der Waals surface area contributed by atoms with Crippen LogP contribution in [0.5, 0.6) is 0 Å². The Kier molecular flexibility index (Phi) is 4.64. The molecule has 1 aromatic rings. The number of halogens is 1. The van der Waals surface area contributed by atoms with Crippen LogP contribution >= 0.6 is 0 Å². The zero-order valence-corrected chi connectivity index (χ0v) is 11.5. The molecule has 0 atom stereocenters. The van der Waals surface area contributed by atoms with Crippen molar-refractivity contribution in [2.75, 3.05) is 12.4 Å². The standard InChI is InChI=1S/C14H18FNO3/c1-14(2,3)13(18)16-11-7-9(5-6-10(11)15)8-12(17)19-4/h5-7H,8H2,1-4H3,(H,16,18). The Morgan fingerprint density at radius 2 is 1.95 bits per heavy atom. The number of methoxy groups -OCH3 is 1. The van der Waals surface area contributed by atoms with Gasteiger partial charge in [-0.1, -0.05) is 26.8 Å². The number of benzene rings is 1. The molecule has 1 amide bonds. The second-order valence-corrected chi connectivity index (χ2v) is 5.27. The molecular formula is C14H18FNO3. The fourth-order valence-electron chi connectivity index (χ4n) is 1.33. The van der Waals surface area contributed by atoms with Gasteiger partial charge < -0.3 is 10.1 Å². The summed E-state index contributed by atoms with van der Waals surface area (Å²) in [6.45, 7) is 5.20. The van der Waals surface area contributed by atoms with E-state index in [4.69, 9.17) is 0 Å². The van der Waals surface area contributed by atoms with Crippen molar-refractivity contribution in [3.05, 3.63) is 29.6 Å². The maximum atomic E-state index is 13.6. The molecule has 104 valence electrons. The molecule has 5 heteroatoms. The first-order valence-corrected chi connectivity index (χ1v) is 5.90. The van der Waals surface area contributed by atoms with E-state index in [0.717, 1.165) is 0 Å². The Bertz CT molecular complexity index is 492. The van der Waals surface area contributed by atoms with Crippen molar-refractivity contribution in [1.29, 1.82) is 0 Å². The molecule has 0 spiro atoms. The third kappa shape index (κ3) is 4.35. The smallest absolute Gasteiger partial charge is 0.309 e. The van der Waals surface area contributed by atoms with Crippen molar-refractivity contribution >= 4 is 17.6 Å². The average Bonchev–Trinajstić information content (AvgIpc) is 2.32. The van der Waals surface area contributed by atoms with Gasteiger partial charge in [0.2, 0.25) is 5.91 Å². The fraction of sp³-hybridized carbons (Fsp3) is 0.429. The third-order valence-corrected chi connectivity index (χ3v) is 2.54. The number of hydrogen-bond donors (Lipinski definition) is 1. The molecule has 4 nitrogen and oxygen atoms in total. The van der Waals surface area contributed by atoms with Gasteiger partial charge in [0.25, 0.3) is 0 Å². The van der Waals surface area contributed by atoms with Gasteiger partial charge in [-0.3, -0.25) is 9.59 Å². The first-order chi connectivity index (χ1) is 8.74. The zero-order chi connectivity index (χ0) is 14.6. The van der Waals surface area contributed by atoms with E-state index in [1.807, 2.05) is 0 Å². The third-order valence-electron chi connectivity index (χ3n) is 2.54. The highest BCUT2D eigenvalue weighted by molar-refractivity contribution is 5.94. The average molecular weight is 267 g/mol. The lowest BCUT2D eigenvalue weighted by Gasteiger charge is -2.18. The van der Waals surface area contributed by atoms with Crippen molar-refractivity contribution in [3.8, 4) is 0 Å². The summed E-state index contributed by atoms with van der Waals surface area (Å²) in [7, 11) is 1.29. The molecule has 1 rings (SSSR count). The van der Waals surface area contributed by atoms with Crippen LogP contribution < -0.4 is 5.32 Å². The van der Waals surface area contributed by atoms with Crippen LogP contribution in [0.1, 0.15) is 26.3 Å². The number of rotatable bonds is 3. The van der Waals surface area contributed by atoms with Crippen molar-refractivity contribution in [2.45, 2.75) is 27.2 Å². The molecule has 19 heavy (non-hydrogen) atoms. The van der Waals surface area contributed by atoms with Crippen LogP contribution in [0.3, 0.4) is 0 Å². The van der Waals surface area contributed by atoms with E-state index >= 15 is 0 Å². The lowest BCUT2D eigenvalue weighted by atomic mass is 9.95. The minimum Gasteiger partial charge on any atom is -0.469 e. The van der Waals surface area contributed by atoms with Crippen LogP contribution in [0.2, 0.25) is 0 Å². The molecule has 0 radical (unpaired) electrons. The second kappa shape index (κ2) is 5.82. The number of carbonyl (C=O) groups is 2. The van der Waals surface area contributed by atoms with Crippen LogP contribution in [0.25, 0.3) is 0 Å². The Morgan fingerprint density at radius 3 is 2.47 bits per heavy atom. The minimum atomic E-state index is -0.620. The summed E-state index contributed by atoms with van der Waals surface area (Å²) in [4.78, 5) is 23.0. The van der Waals surface area contributed by atoms with E-state index in [1.165, 1.54) is 25.3 Å². The topological polar surface area (TPSA) is 55.4 Å². The molecule has 0 saturated heterocycles. The Labute approximate surface area is 112 Å². The summed E-state index contributed by atoms with van der Waals surface area (Å²) >= 11 is 0. The molecule has 0 heterocycles. The summed E-state index contributed by atoms with van der Waals surface area (Å²) in [5.41, 5.74) is 0.0314. The molecular weight excluding hydrogens is 249 g/mol. The van der Waals surface area contributed by atoms with Gasteiger partial charge in [0.15, 0.2) is 0 Å². The van der Waals surface area contributed by atoms with Crippen LogP contribution in [-0.4, -0.2) is 19.0 Å². The summed E-state index contributed by atoms with van der Waals surface area (Å²) in [6, 6.07) is 4.14. The Balaban J connectivity index is 2.92. The van der Waals surface area contributed by atoms with Crippen LogP contribution in [0.4, 0.5) is 10.1 Å². The highest BCUT2D eigenvalue weighted by Crippen LogP contribution is 2.21. The number of amides is 1. The minimum absolute atomic E-state index is 0.0369. The molecule has 1 N–H and O–H groups in total. The molecule has 0 saturated carbocycles. The van der Waals surface area contributed by atoms with Gasteiger partial charge in [0, 0.05) is 5.41 Å². The quantitative estimate of drug-likeness (QED) is 0.856. The number of carbonyl (C=O) groups excluding carboxylic acids is 2. The lowest BCUT2D eigenvalue weighted by Crippen LogP contribution is -2.28. The van der Waals surface area contributed by atoms with Crippen molar-refractivity contribution in [2.24, 2.45) is 5.41 Å². The van der Waals surface area contributed by atoms with Crippen LogP contribution in [0.15, 0.2) is 18.2 Å². The Morgan fingerprint density at radius 1 is 1.32 bits per heavy atom. The SMILES string of the molecule is COC(=O)Cc1ccc(F)c(NC(=O)C(C)(C)C)c1. The fourth-order valence-corrected chi connectivity index (χ4v) is 1.33. The van der Waals surface area contributed by atoms with Crippen LogP contribution in [0, 0.1) is 11.2 Å². The zero-order valence-electron chi connectivity index (χ0n) is 11.5. The van der Waals surface area contributed by atoms with Crippen molar-refractivity contribution in [3.63, 3.8) is 0 Å². The number of nitrogens with one attached hydrogen (secondary N) is 1. The molecule has 0 aromatic heterocycles. The van der Waals surface area contributed by atoms with Gasteiger partial charge in [-0.2, -0.15) is 0 Å². The number of hydrogen-bond acceptors (Lipinski definition) is 3. The monoisotopic (exact) mass is 267 g/mol. The van der Waals surface area contributed by atoms with Gasteiger partial charge in [0.1, 0.15) is 5.82 Å². The molecule has 1 aromatic carbocycles. The number of esters is 1. The predicted octanol–water partition coefficient (Wildman–Crippen LogP) is 2.53. The second-order valence-electron chi connectivity index (χ2n) is 5.27. The maximum Gasteiger partial charge on any atom is 0.309 e.